The first-order chi connectivity index (χ1) is 9.26. The fourth-order valence-electron chi connectivity index (χ4n) is 1.68. The van der Waals surface area contributed by atoms with Crippen LogP contribution >= 0.6 is 23.2 Å². The lowest BCUT2D eigenvalue weighted by Gasteiger charge is -2.20. The highest BCUT2D eigenvalue weighted by atomic mass is 35.5. The third kappa shape index (κ3) is 4.78. The smallest absolute Gasteiger partial charge is 0.338 e. The van der Waals surface area contributed by atoms with Gasteiger partial charge in [0.1, 0.15) is 5.78 Å². The maximum absolute atomic E-state index is 11.9. The number of Topliss-reactive ketones (excluding diaryl/α,β-unsaturated/α-hetero) is 1. The van der Waals surface area contributed by atoms with Crippen molar-refractivity contribution >= 4 is 35.0 Å². The number of carbonyl (C=O) groups excluding carboxylic acids is 2. The van der Waals surface area contributed by atoms with Crippen LogP contribution in [0.4, 0.5) is 0 Å². The molecule has 110 valence electrons. The van der Waals surface area contributed by atoms with E-state index in [1.54, 1.807) is 19.1 Å². The minimum absolute atomic E-state index is 0.0194. The lowest BCUT2D eigenvalue weighted by atomic mass is 9.96. The molecule has 6 heteroatoms. The Labute approximate surface area is 127 Å². The van der Waals surface area contributed by atoms with Crippen LogP contribution in [0.15, 0.2) is 18.2 Å². The molecule has 4 nitrogen and oxygen atoms in total. The number of ketones is 1. The average molecular weight is 319 g/mol. The van der Waals surface area contributed by atoms with E-state index in [1.165, 1.54) is 13.0 Å². The molecule has 0 aliphatic carbocycles. The molecule has 1 aromatic carbocycles. The monoisotopic (exact) mass is 318 g/mol. The Morgan fingerprint density at radius 3 is 2.55 bits per heavy atom. The zero-order valence-electron chi connectivity index (χ0n) is 11.3. The van der Waals surface area contributed by atoms with Gasteiger partial charge >= 0.3 is 5.97 Å². The second-order valence-corrected chi connectivity index (χ2v) is 5.47. The lowest BCUT2D eigenvalue weighted by molar-refractivity contribution is -0.165. The Morgan fingerprint density at radius 1 is 1.35 bits per heavy atom. The molecular weight excluding hydrogens is 303 g/mol. The molecule has 0 fully saturated rings. The van der Waals surface area contributed by atoms with Gasteiger partial charge in [-0.3, -0.25) is 4.79 Å². The zero-order chi connectivity index (χ0) is 15.3. The van der Waals surface area contributed by atoms with Gasteiger partial charge in [-0.05, 0) is 31.5 Å². The van der Waals surface area contributed by atoms with Crippen molar-refractivity contribution in [2.75, 3.05) is 6.61 Å². The Balaban J connectivity index is 2.70. The number of hydrogen-bond acceptors (Lipinski definition) is 4. The third-order valence-electron chi connectivity index (χ3n) is 2.66. The van der Waals surface area contributed by atoms with Crippen molar-refractivity contribution in [1.82, 2.24) is 0 Å². The summed E-state index contributed by atoms with van der Waals surface area (Å²) in [6, 6.07) is 4.80. The Hall–Kier alpha value is -1.10. The summed E-state index contributed by atoms with van der Waals surface area (Å²) in [5.74, 6) is -1.12. The van der Waals surface area contributed by atoms with Crippen LogP contribution in [0.5, 0.6) is 0 Å². The summed E-state index contributed by atoms with van der Waals surface area (Å²) in [7, 11) is 0. The number of ether oxygens (including phenoxy) is 1. The van der Waals surface area contributed by atoms with E-state index in [-0.39, 0.29) is 25.2 Å². The van der Waals surface area contributed by atoms with Crippen molar-refractivity contribution in [3.8, 4) is 0 Å². The number of benzene rings is 1. The van der Waals surface area contributed by atoms with Gasteiger partial charge in [-0.25, -0.2) is 4.79 Å². The standard InChI is InChI=1S/C14H16Cl2O4/c1-3-20-13(18)14(2,19)8-11(17)6-9-4-5-10(15)7-12(9)16/h4-5,7,19H,3,6,8H2,1-2H3. The fourth-order valence-corrected chi connectivity index (χ4v) is 2.16. The van der Waals surface area contributed by atoms with Gasteiger partial charge in [-0.1, -0.05) is 29.3 Å². The van der Waals surface area contributed by atoms with Crippen LogP contribution in [-0.2, 0) is 20.7 Å². The van der Waals surface area contributed by atoms with E-state index < -0.39 is 11.6 Å². The number of rotatable bonds is 6. The molecule has 0 saturated carbocycles. The van der Waals surface area contributed by atoms with E-state index in [4.69, 9.17) is 27.9 Å². The van der Waals surface area contributed by atoms with E-state index in [1.807, 2.05) is 0 Å². The summed E-state index contributed by atoms with van der Waals surface area (Å²) >= 11 is 11.7. The summed E-state index contributed by atoms with van der Waals surface area (Å²) in [4.78, 5) is 23.4. The maximum Gasteiger partial charge on any atom is 0.338 e. The van der Waals surface area contributed by atoms with Crippen molar-refractivity contribution < 1.29 is 19.4 Å². The predicted molar refractivity (Wildman–Crippen MR) is 77.0 cm³/mol. The quantitative estimate of drug-likeness (QED) is 0.819. The number of halogens is 2. The number of esters is 1. The Bertz CT molecular complexity index is 512. The molecule has 1 atom stereocenters. The highest BCUT2D eigenvalue weighted by Crippen LogP contribution is 2.23. The molecule has 0 aliphatic heterocycles. The summed E-state index contributed by atoms with van der Waals surface area (Å²) in [6.45, 7) is 3.03. The second-order valence-electron chi connectivity index (χ2n) is 4.62. The number of carbonyl (C=O) groups is 2. The Morgan fingerprint density at radius 2 is 2.00 bits per heavy atom. The number of hydrogen-bond donors (Lipinski definition) is 1. The second kappa shape index (κ2) is 7.07. The molecule has 0 amide bonds. The predicted octanol–water partition coefficient (Wildman–Crippen LogP) is 2.81. The first kappa shape index (κ1) is 17.0. The van der Waals surface area contributed by atoms with Crippen LogP contribution in [0.2, 0.25) is 10.0 Å². The molecule has 0 bridgehead atoms. The van der Waals surface area contributed by atoms with Crippen molar-refractivity contribution in [3.63, 3.8) is 0 Å². The minimum Gasteiger partial charge on any atom is -0.464 e. The van der Waals surface area contributed by atoms with Crippen molar-refractivity contribution in [2.45, 2.75) is 32.3 Å². The fraction of sp³-hybridized carbons (Fsp3) is 0.429. The summed E-state index contributed by atoms with van der Waals surface area (Å²) < 4.78 is 4.71. The molecule has 1 N–H and O–H groups in total. The topological polar surface area (TPSA) is 63.6 Å². The highest BCUT2D eigenvalue weighted by molar-refractivity contribution is 6.35. The first-order valence-electron chi connectivity index (χ1n) is 6.11. The Kier molecular flexibility index (Phi) is 5.99. The molecule has 1 unspecified atom stereocenters. The molecule has 1 rings (SSSR count). The van der Waals surface area contributed by atoms with Gasteiger partial charge in [0.05, 0.1) is 6.61 Å². The highest BCUT2D eigenvalue weighted by Gasteiger charge is 2.34. The normalized spacial score (nSPS) is 13.7. The van der Waals surface area contributed by atoms with Gasteiger partial charge in [0.15, 0.2) is 5.60 Å². The van der Waals surface area contributed by atoms with Crippen LogP contribution in [0.3, 0.4) is 0 Å². The lowest BCUT2D eigenvalue weighted by Crippen LogP contribution is -2.39. The maximum atomic E-state index is 11.9. The van der Waals surface area contributed by atoms with Gasteiger partial charge in [-0.15, -0.1) is 0 Å². The summed E-state index contributed by atoms with van der Waals surface area (Å²) in [5.41, 5.74) is -1.23. The molecular formula is C14H16Cl2O4. The molecule has 0 heterocycles. The average Bonchev–Trinajstić information content (AvgIpc) is 2.32. The van der Waals surface area contributed by atoms with Crippen LogP contribution in [0.1, 0.15) is 25.8 Å². The molecule has 1 aromatic rings. The van der Waals surface area contributed by atoms with Crippen molar-refractivity contribution in [2.24, 2.45) is 0 Å². The SMILES string of the molecule is CCOC(=O)C(C)(O)CC(=O)Cc1ccc(Cl)cc1Cl. The van der Waals surface area contributed by atoms with Gasteiger partial charge in [0.25, 0.3) is 0 Å². The number of aliphatic hydroxyl groups is 1. The van der Waals surface area contributed by atoms with Gasteiger partial charge in [0, 0.05) is 22.9 Å². The van der Waals surface area contributed by atoms with Crippen LogP contribution in [-0.4, -0.2) is 29.1 Å². The summed E-state index contributed by atoms with van der Waals surface area (Å²) in [6.07, 6.45) is -0.309. The van der Waals surface area contributed by atoms with E-state index in [9.17, 15) is 14.7 Å². The van der Waals surface area contributed by atoms with Crippen molar-refractivity contribution in [1.29, 1.82) is 0 Å². The molecule has 0 saturated heterocycles. The molecule has 0 spiro atoms. The zero-order valence-corrected chi connectivity index (χ0v) is 12.8. The minimum atomic E-state index is -1.83. The van der Waals surface area contributed by atoms with E-state index in [0.717, 1.165) is 0 Å². The van der Waals surface area contributed by atoms with Crippen LogP contribution in [0.25, 0.3) is 0 Å². The summed E-state index contributed by atoms with van der Waals surface area (Å²) in [5, 5.41) is 10.8. The largest absolute Gasteiger partial charge is 0.464 e. The third-order valence-corrected chi connectivity index (χ3v) is 3.25. The first-order valence-corrected chi connectivity index (χ1v) is 6.87. The molecule has 0 aliphatic rings. The van der Waals surface area contributed by atoms with E-state index in [2.05, 4.69) is 0 Å². The molecule has 0 aromatic heterocycles. The van der Waals surface area contributed by atoms with Crippen molar-refractivity contribution in [3.05, 3.63) is 33.8 Å². The van der Waals surface area contributed by atoms with Gasteiger partial charge in [0.2, 0.25) is 0 Å². The van der Waals surface area contributed by atoms with Gasteiger partial charge < -0.3 is 9.84 Å². The van der Waals surface area contributed by atoms with Crippen LogP contribution < -0.4 is 0 Å². The van der Waals surface area contributed by atoms with Gasteiger partial charge in [-0.2, -0.15) is 0 Å². The van der Waals surface area contributed by atoms with E-state index in [0.29, 0.717) is 15.6 Å². The van der Waals surface area contributed by atoms with Crippen LogP contribution in [0, 0.1) is 0 Å². The van der Waals surface area contributed by atoms with E-state index >= 15 is 0 Å². The molecule has 20 heavy (non-hydrogen) atoms. The molecule has 0 radical (unpaired) electrons.